The molecule has 59 heavy (non-hydrogen) atoms. The number of thiophene rings is 1. The van der Waals surface area contributed by atoms with E-state index in [0.717, 1.165) is 13.0 Å². The molecule has 0 bridgehead atoms. The SMILES string of the molecule is CCC[N+](c1ccc(-c2ccc(-c3ccccc3)cc2)cc1)(c1ccc(-c2ccc3c(sc4ccccc43)c2-c2ccccc2)cc1)c1ccccc1-c1ccccc1. The van der Waals surface area contributed by atoms with Gasteiger partial charge in [0.2, 0.25) is 0 Å². The minimum absolute atomic E-state index is 0.593. The monoisotopic (exact) mass is 774 g/mol. The van der Waals surface area contributed by atoms with E-state index in [-0.39, 0.29) is 0 Å². The van der Waals surface area contributed by atoms with Gasteiger partial charge in [-0.05, 0) is 87.3 Å². The zero-order valence-electron chi connectivity index (χ0n) is 33.1. The number of fused-ring (bicyclic) bond motifs is 3. The molecule has 0 aliphatic heterocycles. The lowest BCUT2D eigenvalue weighted by atomic mass is 9.92. The molecule has 282 valence electrons. The van der Waals surface area contributed by atoms with Crippen LogP contribution in [0.3, 0.4) is 0 Å². The van der Waals surface area contributed by atoms with Crippen LogP contribution in [-0.2, 0) is 0 Å². The van der Waals surface area contributed by atoms with Crippen molar-refractivity contribution in [2.24, 2.45) is 0 Å². The third-order valence-corrected chi connectivity index (χ3v) is 13.0. The molecule has 0 fully saturated rings. The van der Waals surface area contributed by atoms with E-state index in [1.165, 1.54) is 92.9 Å². The van der Waals surface area contributed by atoms with Gasteiger partial charge in [0.1, 0.15) is 11.4 Å². The molecule has 0 aliphatic rings. The number of hydrogen-bond donors (Lipinski definition) is 0. The predicted octanol–water partition coefficient (Wildman–Crippen LogP) is 16.8. The second-order valence-corrected chi connectivity index (χ2v) is 16.3. The lowest BCUT2D eigenvalue weighted by Crippen LogP contribution is -2.40. The fraction of sp³-hybridized carbons (Fsp3) is 0.0526. The molecule has 0 spiro atoms. The van der Waals surface area contributed by atoms with E-state index < -0.39 is 0 Å². The summed E-state index contributed by atoms with van der Waals surface area (Å²) in [7, 11) is 0. The van der Waals surface area contributed by atoms with Crippen LogP contribution in [0.15, 0.2) is 224 Å². The van der Waals surface area contributed by atoms with Crippen molar-refractivity contribution in [2.75, 3.05) is 6.54 Å². The highest BCUT2D eigenvalue weighted by Crippen LogP contribution is 2.50. The van der Waals surface area contributed by atoms with Crippen LogP contribution in [0.5, 0.6) is 0 Å². The minimum atomic E-state index is 0.593. The van der Waals surface area contributed by atoms with E-state index >= 15 is 0 Å². The third kappa shape index (κ3) is 6.67. The first-order valence-electron chi connectivity index (χ1n) is 20.6. The van der Waals surface area contributed by atoms with E-state index in [4.69, 9.17) is 0 Å². The Morgan fingerprint density at radius 1 is 0.356 bits per heavy atom. The molecule has 0 saturated carbocycles. The molecule has 1 atom stereocenters. The Labute approximate surface area is 351 Å². The van der Waals surface area contributed by atoms with Crippen molar-refractivity contribution in [1.29, 1.82) is 0 Å². The second-order valence-electron chi connectivity index (χ2n) is 15.3. The van der Waals surface area contributed by atoms with Gasteiger partial charge in [0, 0.05) is 61.6 Å². The van der Waals surface area contributed by atoms with Crippen molar-refractivity contribution in [2.45, 2.75) is 13.3 Å². The molecule has 2 heteroatoms. The summed E-state index contributed by atoms with van der Waals surface area (Å²) in [6, 6.07) is 82.6. The molecular weight excluding hydrogens is 731 g/mol. The maximum absolute atomic E-state index is 2.38. The molecule has 0 amide bonds. The van der Waals surface area contributed by atoms with Gasteiger partial charge in [0.25, 0.3) is 0 Å². The molecule has 0 aliphatic carbocycles. The quantitative estimate of drug-likeness (QED) is 0.121. The number of para-hydroxylation sites is 1. The molecular formula is C57H44NS+. The van der Waals surface area contributed by atoms with Crippen LogP contribution in [0.2, 0.25) is 0 Å². The lowest BCUT2D eigenvalue weighted by Gasteiger charge is -2.39. The van der Waals surface area contributed by atoms with E-state index in [2.05, 4.69) is 231 Å². The van der Waals surface area contributed by atoms with Crippen molar-refractivity contribution in [1.82, 2.24) is 4.48 Å². The van der Waals surface area contributed by atoms with Crippen LogP contribution >= 0.6 is 11.3 Å². The minimum Gasteiger partial charge on any atom is -0.226 e. The van der Waals surface area contributed by atoms with E-state index in [9.17, 15) is 0 Å². The van der Waals surface area contributed by atoms with Gasteiger partial charge >= 0.3 is 0 Å². The van der Waals surface area contributed by atoms with Crippen LogP contribution < -0.4 is 4.48 Å². The van der Waals surface area contributed by atoms with Gasteiger partial charge in [0.15, 0.2) is 5.69 Å². The smallest absolute Gasteiger partial charge is 0.150 e. The average molecular weight is 775 g/mol. The molecule has 0 saturated heterocycles. The van der Waals surface area contributed by atoms with Gasteiger partial charge < -0.3 is 0 Å². The van der Waals surface area contributed by atoms with Crippen molar-refractivity contribution in [3.8, 4) is 55.6 Å². The van der Waals surface area contributed by atoms with Crippen molar-refractivity contribution in [3.05, 3.63) is 224 Å². The number of hydrogen-bond acceptors (Lipinski definition) is 1. The summed E-state index contributed by atoms with van der Waals surface area (Å²) in [6.45, 7) is 3.21. The normalized spacial score (nSPS) is 12.4. The van der Waals surface area contributed by atoms with Crippen molar-refractivity contribution in [3.63, 3.8) is 0 Å². The number of nitrogens with zero attached hydrogens (tertiary/aromatic N) is 1. The van der Waals surface area contributed by atoms with E-state index in [1.54, 1.807) is 0 Å². The summed E-state index contributed by atoms with van der Waals surface area (Å²) in [5.41, 5.74) is 16.1. The zero-order valence-corrected chi connectivity index (χ0v) is 33.9. The number of quaternary nitrogens is 1. The summed E-state index contributed by atoms with van der Waals surface area (Å²) in [5, 5.41) is 2.64. The van der Waals surface area contributed by atoms with Gasteiger partial charge in [0.05, 0.1) is 6.54 Å². The lowest BCUT2D eigenvalue weighted by molar-refractivity contribution is 0.512. The topological polar surface area (TPSA) is 0 Å². The van der Waals surface area contributed by atoms with Crippen molar-refractivity contribution < 1.29 is 0 Å². The maximum Gasteiger partial charge on any atom is 0.150 e. The Kier molecular flexibility index (Phi) is 9.80. The van der Waals surface area contributed by atoms with Crippen LogP contribution in [0.1, 0.15) is 13.3 Å². The first-order chi connectivity index (χ1) is 29.2. The summed E-state index contributed by atoms with van der Waals surface area (Å²) >= 11 is 1.90. The molecule has 10 aromatic rings. The standard InChI is InChI=1S/C57H44NS/c1-2-40-58(54-24-14-12-22-50(54)45-18-8-4-9-19-45,48-34-30-44(31-35-48)43-28-26-42(27-29-43)41-16-6-3-7-17-41)49-36-32-46(33-37-49)51-38-39-53-52-23-13-15-25-55(52)59-57(53)56(51)47-20-10-5-11-21-47/h3-39H,2,40H2,1H3/q+1. The Morgan fingerprint density at radius 2 is 0.814 bits per heavy atom. The number of benzene rings is 9. The van der Waals surface area contributed by atoms with Crippen LogP contribution in [-0.4, -0.2) is 6.54 Å². The molecule has 1 aromatic heterocycles. The fourth-order valence-corrected chi connectivity index (χ4v) is 10.3. The molecule has 10 rings (SSSR count). The summed E-state index contributed by atoms with van der Waals surface area (Å²) in [6.07, 6.45) is 0.994. The highest BCUT2D eigenvalue weighted by molar-refractivity contribution is 7.26. The second kappa shape index (κ2) is 15.8. The maximum atomic E-state index is 2.38. The van der Waals surface area contributed by atoms with E-state index in [0.29, 0.717) is 4.48 Å². The van der Waals surface area contributed by atoms with Crippen LogP contribution in [0.4, 0.5) is 17.1 Å². The molecule has 1 heterocycles. The summed E-state index contributed by atoms with van der Waals surface area (Å²) < 4.78 is 3.25. The molecule has 0 N–H and O–H groups in total. The summed E-state index contributed by atoms with van der Waals surface area (Å²) in [4.78, 5) is 0. The predicted molar refractivity (Wildman–Crippen MR) is 256 cm³/mol. The first-order valence-corrected chi connectivity index (χ1v) is 21.4. The van der Waals surface area contributed by atoms with Gasteiger partial charge in [-0.15, -0.1) is 11.3 Å². The molecule has 9 aromatic carbocycles. The third-order valence-electron chi connectivity index (χ3n) is 11.8. The summed E-state index contributed by atoms with van der Waals surface area (Å²) in [5.74, 6) is 0. The Morgan fingerprint density at radius 3 is 1.42 bits per heavy atom. The Hall–Kier alpha value is -6.84. The van der Waals surface area contributed by atoms with Crippen molar-refractivity contribution >= 4 is 48.6 Å². The van der Waals surface area contributed by atoms with E-state index in [1.807, 2.05) is 11.3 Å². The highest BCUT2D eigenvalue weighted by Gasteiger charge is 2.38. The van der Waals surface area contributed by atoms with Crippen LogP contribution in [0.25, 0.3) is 75.8 Å². The van der Waals surface area contributed by atoms with Gasteiger partial charge in [-0.1, -0.05) is 165 Å². The molecule has 1 nitrogen and oxygen atoms in total. The fourth-order valence-electron chi connectivity index (χ4n) is 9.02. The van der Waals surface area contributed by atoms with Gasteiger partial charge in [-0.3, -0.25) is 0 Å². The first kappa shape index (κ1) is 36.5. The largest absolute Gasteiger partial charge is 0.226 e. The van der Waals surface area contributed by atoms with Crippen LogP contribution in [0, 0.1) is 0 Å². The van der Waals surface area contributed by atoms with Gasteiger partial charge in [-0.25, -0.2) is 4.48 Å². The Balaban J connectivity index is 1.12. The Bertz CT molecular complexity index is 3000. The average Bonchev–Trinajstić information content (AvgIpc) is 3.70. The molecule has 0 radical (unpaired) electrons. The van der Waals surface area contributed by atoms with Gasteiger partial charge in [-0.2, -0.15) is 0 Å². The molecule has 1 unspecified atom stereocenters. The zero-order chi connectivity index (χ0) is 39.6. The number of rotatable bonds is 10. The highest BCUT2D eigenvalue weighted by atomic mass is 32.1.